The first-order valence-corrected chi connectivity index (χ1v) is 9.77. The molecule has 0 fully saturated rings. The minimum Gasteiger partial charge on any atom is -0.385 e. The second-order valence-electron chi connectivity index (χ2n) is 6.72. The summed E-state index contributed by atoms with van der Waals surface area (Å²) in [4.78, 5) is 26.8. The normalized spacial score (nSPS) is 10.6. The van der Waals surface area contributed by atoms with E-state index in [1.165, 1.54) is 0 Å². The maximum absolute atomic E-state index is 12.5. The molecule has 0 unspecified atom stereocenters. The molecule has 0 saturated carbocycles. The lowest BCUT2D eigenvalue weighted by Gasteiger charge is -2.19. The largest absolute Gasteiger partial charge is 0.385 e. The summed E-state index contributed by atoms with van der Waals surface area (Å²) >= 11 is 0. The van der Waals surface area contributed by atoms with Crippen molar-refractivity contribution >= 4 is 28.2 Å². The number of hydrogen-bond donors (Lipinski definition) is 1. The summed E-state index contributed by atoms with van der Waals surface area (Å²) in [5, 5.41) is 5.47. The molecule has 1 amide bonds. The van der Waals surface area contributed by atoms with Gasteiger partial charge >= 0.3 is 0 Å². The summed E-state index contributed by atoms with van der Waals surface area (Å²) < 4.78 is 0. The molecule has 3 aromatic rings. The van der Waals surface area contributed by atoms with Gasteiger partial charge in [0, 0.05) is 42.9 Å². The predicted octanol–water partition coefficient (Wildman–Crippen LogP) is 5.01. The van der Waals surface area contributed by atoms with Crippen molar-refractivity contribution in [1.29, 1.82) is 0 Å². The van der Waals surface area contributed by atoms with Gasteiger partial charge < -0.3 is 10.2 Å². The Morgan fingerprint density at radius 2 is 1.57 bits per heavy atom. The monoisotopic (exact) mass is 374 g/mol. The summed E-state index contributed by atoms with van der Waals surface area (Å²) in [7, 11) is 0. The number of hydrogen-bond acceptors (Lipinski definition) is 3. The van der Waals surface area contributed by atoms with Gasteiger partial charge in [-0.3, -0.25) is 9.59 Å². The molecule has 144 valence electrons. The summed E-state index contributed by atoms with van der Waals surface area (Å²) in [6.07, 6.45) is 0.395. The van der Waals surface area contributed by atoms with Crippen LogP contribution in [-0.2, 0) is 0 Å². The van der Waals surface area contributed by atoms with E-state index in [1.54, 1.807) is 4.90 Å². The van der Waals surface area contributed by atoms with Crippen LogP contribution in [0.1, 0.15) is 41.0 Å². The molecule has 4 nitrogen and oxygen atoms in total. The second-order valence-corrected chi connectivity index (χ2v) is 6.72. The molecule has 0 atom stereocenters. The van der Waals surface area contributed by atoms with Crippen molar-refractivity contribution in [3.05, 3.63) is 77.9 Å². The van der Waals surface area contributed by atoms with Gasteiger partial charge in [-0.2, -0.15) is 0 Å². The number of fused-ring (bicyclic) bond motifs is 1. The van der Waals surface area contributed by atoms with Crippen LogP contribution in [0, 0.1) is 0 Å². The highest BCUT2D eigenvalue weighted by atomic mass is 16.2. The van der Waals surface area contributed by atoms with Crippen LogP contribution in [0.2, 0.25) is 0 Å². The van der Waals surface area contributed by atoms with Crippen molar-refractivity contribution in [2.24, 2.45) is 0 Å². The van der Waals surface area contributed by atoms with E-state index < -0.39 is 0 Å². The van der Waals surface area contributed by atoms with E-state index in [9.17, 15) is 9.59 Å². The van der Waals surface area contributed by atoms with Crippen LogP contribution >= 0.6 is 0 Å². The molecule has 1 N–H and O–H groups in total. The zero-order valence-electron chi connectivity index (χ0n) is 16.4. The van der Waals surface area contributed by atoms with Gasteiger partial charge in [0.2, 0.25) is 0 Å². The fourth-order valence-electron chi connectivity index (χ4n) is 3.28. The molecule has 0 aliphatic rings. The van der Waals surface area contributed by atoms with Crippen molar-refractivity contribution in [2.45, 2.75) is 20.3 Å². The maximum Gasteiger partial charge on any atom is 0.253 e. The molecule has 0 heterocycles. The highest BCUT2D eigenvalue weighted by Crippen LogP contribution is 2.17. The number of benzene rings is 3. The molecule has 0 spiro atoms. The summed E-state index contributed by atoms with van der Waals surface area (Å²) in [5.41, 5.74) is 2.24. The van der Waals surface area contributed by atoms with Gasteiger partial charge in [0.15, 0.2) is 5.78 Å². The van der Waals surface area contributed by atoms with Crippen LogP contribution in [0.4, 0.5) is 5.69 Å². The lowest BCUT2D eigenvalue weighted by Crippen LogP contribution is -2.30. The van der Waals surface area contributed by atoms with Crippen molar-refractivity contribution < 1.29 is 9.59 Å². The van der Waals surface area contributed by atoms with E-state index in [0.29, 0.717) is 31.6 Å². The molecule has 0 aromatic heterocycles. The number of ketones is 1. The quantitative estimate of drug-likeness (QED) is 0.564. The van der Waals surface area contributed by atoms with E-state index in [4.69, 9.17) is 0 Å². The number of amides is 1. The standard InChI is InChI=1S/C24H26N2O2/c1-3-26(4-2)24(28)21-10-7-11-22(17-21)25-15-14-23(27)20-13-12-18-8-5-6-9-19(18)16-20/h5-13,16-17,25H,3-4,14-15H2,1-2H3. The number of nitrogens with one attached hydrogen (secondary N) is 1. The Morgan fingerprint density at radius 3 is 2.32 bits per heavy atom. The number of carbonyl (C=O) groups is 2. The molecule has 0 aliphatic carbocycles. The maximum atomic E-state index is 12.5. The first-order valence-electron chi connectivity index (χ1n) is 9.77. The average molecular weight is 374 g/mol. The number of carbonyl (C=O) groups excluding carboxylic acids is 2. The second kappa shape index (κ2) is 9.18. The van der Waals surface area contributed by atoms with Gasteiger partial charge in [0.05, 0.1) is 0 Å². The Morgan fingerprint density at radius 1 is 0.821 bits per heavy atom. The van der Waals surface area contributed by atoms with E-state index in [1.807, 2.05) is 80.6 Å². The van der Waals surface area contributed by atoms with Gasteiger partial charge in [-0.05, 0) is 48.9 Å². The molecule has 28 heavy (non-hydrogen) atoms. The number of Topliss-reactive ketones (excluding diaryl/α,β-unsaturated/α-hetero) is 1. The Hall–Kier alpha value is -3.14. The summed E-state index contributed by atoms with van der Waals surface area (Å²) in [6.45, 7) is 5.85. The zero-order chi connectivity index (χ0) is 19.9. The smallest absolute Gasteiger partial charge is 0.253 e. The molecule has 0 bridgehead atoms. The van der Waals surface area contributed by atoms with E-state index in [2.05, 4.69) is 5.32 Å². The molecule has 0 aliphatic heterocycles. The van der Waals surface area contributed by atoms with Gasteiger partial charge in [-0.1, -0.05) is 42.5 Å². The summed E-state index contributed by atoms with van der Waals surface area (Å²) in [6, 6.07) is 21.3. The number of nitrogens with zero attached hydrogens (tertiary/aromatic N) is 1. The molecule has 0 radical (unpaired) electrons. The van der Waals surface area contributed by atoms with Crippen molar-refractivity contribution in [2.75, 3.05) is 25.0 Å². The fourth-order valence-corrected chi connectivity index (χ4v) is 3.28. The van der Waals surface area contributed by atoms with Gasteiger partial charge in [-0.15, -0.1) is 0 Å². The minimum absolute atomic E-state index is 0.0286. The van der Waals surface area contributed by atoms with E-state index in [0.717, 1.165) is 22.0 Å². The zero-order valence-corrected chi connectivity index (χ0v) is 16.4. The summed E-state index contributed by atoms with van der Waals surface area (Å²) in [5.74, 6) is 0.134. The third-order valence-corrected chi connectivity index (χ3v) is 4.91. The Labute approximate surface area is 166 Å². The molecular formula is C24H26N2O2. The Balaban J connectivity index is 1.60. The third-order valence-electron chi connectivity index (χ3n) is 4.91. The first kappa shape index (κ1) is 19.6. The molecule has 3 rings (SSSR count). The first-order chi connectivity index (χ1) is 13.6. The highest BCUT2D eigenvalue weighted by Gasteiger charge is 2.12. The molecule has 4 heteroatoms. The van der Waals surface area contributed by atoms with E-state index >= 15 is 0 Å². The molecule has 0 saturated heterocycles. The number of rotatable bonds is 8. The van der Waals surface area contributed by atoms with Crippen LogP contribution in [0.15, 0.2) is 66.7 Å². The Bertz CT molecular complexity index is 977. The van der Waals surface area contributed by atoms with Gasteiger partial charge in [0.1, 0.15) is 0 Å². The lowest BCUT2D eigenvalue weighted by molar-refractivity contribution is 0.0772. The van der Waals surface area contributed by atoms with Crippen LogP contribution in [0.25, 0.3) is 10.8 Å². The van der Waals surface area contributed by atoms with Crippen molar-refractivity contribution in [1.82, 2.24) is 4.90 Å². The third kappa shape index (κ3) is 4.58. The van der Waals surface area contributed by atoms with Gasteiger partial charge in [-0.25, -0.2) is 0 Å². The lowest BCUT2D eigenvalue weighted by atomic mass is 10.0. The van der Waals surface area contributed by atoms with Crippen LogP contribution in [0.5, 0.6) is 0 Å². The molecule has 3 aromatic carbocycles. The number of anilines is 1. The molecular weight excluding hydrogens is 348 g/mol. The Kier molecular flexibility index (Phi) is 6.43. The average Bonchev–Trinajstić information content (AvgIpc) is 2.74. The van der Waals surface area contributed by atoms with Crippen molar-refractivity contribution in [3.8, 4) is 0 Å². The SMILES string of the molecule is CCN(CC)C(=O)c1cccc(NCCC(=O)c2ccc3ccccc3c2)c1. The van der Waals surface area contributed by atoms with Crippen LogP contribution < -0.4 is 5.32 Å². The van der Waals surface area contributed by atoms with Gasteiger partial charge in [0.25, 0.3) is 5.91 Å². The van der Waals surface area contributed by atoms with Crippen LogP contribution in [-0.4, -0.2) is 36.2 Å². The minimum atomic E-state index is 0.0286. The predicted molar refractivity (Wildman–Crippen MR) is 115 cm³/mol. The topological polar surface area (TPSA) is 49.4 Å². The van der Waals surface area contributed by atoms with Crippen molar-refractivity contribution in [3.63, 3.8) is 0 Å². The fraction of sp³-hybridized carbons (Fsp3) is 0.250. The highest BCUT2D eigenvalue weighted by molar-refractivity contribution is 6.00. The van der Waals surface area contributed by atoms with E-state index in [-0.39, 0.29) is 11.7 Å². The van der Waals surface area contributed by atoms with Crippen LogP contribution in [0.3, 0.4) is 0 Å².